The van der Waals surface area contributed by atoms with Crippen LogP contribution in [0, 0.1) is 31.6 Å². The fraction of sp³-hybridized carbons (Fsp3) is 0. The molecule has 2 aromatic carbocycles. The van der Waals surface area contributed by atoms with Crippen molar-refractivity contribution in [3.63, 3.8) is 0 Å². The molecule has 0 unspecified atom stereocenters. The van der Waals surface area contributed by atoms with Crippen molar-refractivity contribution in [2.24, 2.45) is 0 Å². The molecule has 24 heavy (non-hydrogen) atoms. The number of nitro benzene ring substituents is 2. The number of allylic oxidation sites excluding steroid dienone is 1. The monoisotopic (exact) mass is 389 g/mol. The van der Waals surface area contributed by atoms with Gasteiger partial charge in [0.05, 0.1) is 21.5 Å². The maximum atomic E-state index is 10.9. The number of halogens is 1. The summed E-state index contributed by atoms with van der Waals surface area (Å²) in [5.74, 6) is -0.571. The summed E-state index contributed by atoms with van der Waals surface area (Å²) in [6.07, 6.45) is 1.27. The van der Waals surface area contributed by atoms with E-state index in [9.17, 15) is 30.6 Å². The van der Waals surface area contributed by atoms with Crippen LogP contribution < -0.4 is 0 Å². The zero-order chi connectivity index (χ0) is 17.9. The van der Waals surface area contributed by atoms with Gasteiger partial charge in [-0.25, -0.2) is 0 Å². The molecule has 0 saturated carbocycles. The first kappa shape index (κ1) is 17.1. The van der Waals surface area contributed by atoms with E-state index in [4.69, 9.17) is 0 Å². The minimum Gasteiger partial charge on any atom is -0.502 e. The van der Waals surface area contributed by atoms with Gasteiger partial charge in [-0.05, 0) is 29.8 Å². The van der Waals surface area contributed by atoms with E-state index in [1.54, 1.807) is 0 Å². The van der Waals surface area contributed by atoms with Crippen LogP contribution in [0.3, 0.4) is 0 Å². The van der Waals surface area contributed by atoms with Crippen LogP contribution >= 0.6 is 15.9 Å². The van der Waals surface area contributed by atoms with Gasteiger partial charge in [0, 0.05) is 28.2 Å². The highest BCUT2D eigenvalue weighted by Crippen LogP contribution is 2.35. The molecule has 0 bridgehead atoms. The second-order valence-electron chi connectivity index (χ2n) is 4.59. The Morgan fingerprint density at radius 2 is 1.79 bits per heavy atom. The highest BCUT2D eigenvalue weighted by atomic mass is 79.9. The Morgan fingerprint density at radius 1 is 1.17 bits per heavy atom. The Hall–Kier alpha value is -3.25. The molecule has 8 nitrogen and oxygen atoms in total. The van der Waals surface area contributed by atoms with Crippen molar-refractivity contribution < 1.29 is 15.0 Å². The van der Waals surface area contributed by atoms with Crippen LogP contribution in [0.25, 0.3) is 11.6 Å². The van der Waals surface area contributed by atoms with Crippen LogP contribution in [0.2, 0.25) is 0 Å². The molecule has 120 valence electrons. The highest BCUT2D eigenvalue weighted by Gasteiger charge is 2.18. The summed E-state index contributed by atoms with van der Waals surface area (Å²) in [5.41, 5.74) is -0.0858. The zero-order valence-corrected chi connectivity index (χ0v) is 13.4. The topological polar surface area (TPSA) is 130 Å². The number of nitro groups is 2. The number of nitrogens with zero attached hydrogens (tertiary/aromatic N) is 3. The standard InChI is InChI=1S/C15H8BrN3O5/c16-12-6-10(15(20)14(7-12)19(23)24)5-11(8-17)9-1-3-13(4-2-9)18(21)22/h1-7,20H/b11-5-. The molecule has 0 atom stereocenters. The molecule has 2 rings (SSSR count). The molecule has 1 N–H and O–H groups in total. The lowest BCUT2D eigenvalue weighted by atomic mass is 10.0. The number of benzene rings is 2. The Labute approximate surface area is 143 Å². The molecule has 0 aromatic heterocycles. The molecule has 0 saturated heterocycles. The van der Waals surface area contributed by atoms with Crippen molar-refractivity contribution in [2.45, 2.75) is 0 Å². The largest absolute Gasteiger partial charge is 0.502 e. The van der Waals surface area contributed by atoms with Crippen LogP contribution in [-0.4, -0.2) is 15.0 Å². The first-order valence-electron chi connectivity index (χ1n) is 6.37. The Bertz CT molecular complexity index is 901. The number of aromatic hydroxyl groups is 1. The maximum Gasteiger partial charge on any atom is 0.312 e. The maximum absolute atomic E-state index is 10.9. The van der Waals surface area contributed by atoms with Gasteiger partial charge in [-0.15, -0.1) is 0 Å². The summed E-state index contributed by atoms with van der Waals surface area (Å²) in [6.45, 7) is 0. The molecule has 0 aliphatic heterocycles. The lowest BCUT2D eigenvalue weighted by Crippen LogP contribution is -1.91. The molecule has 0 spiro atoms. The summed E-state index contributed by atoms with van der Waals surface area (Å²) < 4.78 is 0.360. The van der Waals surface area contributed by atoms with E-state index in [0.29, 0.717) is 10.0 Å². The van der Waals surface area contributed by atoms with Gasteiger partial charge in [0.25, 0.3) is 5.69 Å². The Kier molecular flexibility index (Phi) is 4.91. The highest BCUT2D eigenvalue weighted by molar-refractivity contribution is 9.10. The normalized spacial score (nSPS) is 10.9. The van der Waals surface area contributed by atoms with Crippen LogP contribution in [0.4, 0.5) is 11.4 Å². The lowest BCUT2D eigenvalue weighted by molar-refractivity contribution is -0.386. The van der Waals surface area contributed by atoms with E-state index in [1.807, 2.05) is 6.07 Å². The second-order valence-corrected chi connectivity index (χ2v) is 5.51. The molecule has 0 amide bonds. The van der Waals surface area contributed by atoms with Crippen LogP contribution in [0.1, 0.15) is 11.1 Å². The van der Waals surface area contributed by atoms with Crippen molar-refractivity contribution in [1.29, 1.82) is 5.26 Å². The van der Waals surface area contributed by atoms with Crippen LogP contribution in [-0.2, 0) is 0 Å². The summed E-state index contributed by atoms with van der Waals surface area (Å²) >= 11 is 3.11. The van der Waals surface area contributed by atoms with E-state index in [0.717, 1.165) is 6.07 Å². The third-order valence-electron chi connectivity index (χ3n) is 3.09. The number of nitriles is 1. The number of rotatable bonds is 4. The van der Waals surface area contributed by atoms with Crippen molar-refractivity contribution in [3.8, 4) is 11.8 Å². The van der Waals surface area contributed by atoms with E-state index < -0.39 is 21.3 Å². The fourth-order valence-corrected chi connectivity index (χ4v) is 2.42. The number of phenolic OH excluding ortho intramolecular Hbond substituents is 1. The van der Waals surface area contributed by atoms with Gasteiger partial charge in [0.15, 0.2) is 0 Å². The van der Waals surface area contributed by atoms with E-state index in [-0.39, 0.29) is 16.8 Å². The molecular formula is C15H8BrN3O5. The number of hydrogen-bond donors (Lipinski definition) is 1. The predicted octanol–water partition coefficient (Wildman–Crippen LogP) is 4.04. The lowest BCUT2D eigenvalue weighted by Gasteiger charge is -2.04. The molecule has 0 heterocycles. The summed E-state index contributed by atoms with van der Waals surface area (Å²) in [4.78, 5) is 20.3. The van der Waals surface area contributed by atoms with Gasteiger partial charge in [-0.3, -0.25) is 20.2 Å². The third-order valence-corrected chi connectivity index (χ3v) is 3.55. The minimum atomic E-state index is -0.741. The fourth-order valence-electron chi connectivity index (χ4n) is 1.95. The van der Waals surface area contributed by atoms with E-state index in [2.05, 4.69) is 15.9 Å². The number of hydrogen-bond acceptors (Lipinski definition) is 6. The van der Waals surface area contributed by atoms with Gasteiger partial charge in [-0.1, -0.05) is 15.9 Å². The smallest absolute Gasteiger partial charge is 0.312 e. The van der Waals surface area contributed by atoms with Gasteiger partial charge in [0.2, 0.25) is 5.75 Å². The predicted molar refractivity (Wildman–Crippen MR) is 89.0 cm³/mol. The quantitative estimate of drug-likeness (QED) is 0.363. The molecule has 0 aliphatic carbocycles. The molecule has 2 aromatic rings. The molecule has 0 fully saturated rings. The molecule has 9 heteroatoms. The average molecular weight is 390 g/mol. The van der Waals surface area contributed by atoms with Crippen LogP contribution in [0.5, 0.6) is 5.75 Å². The first-order valence-corrected chi connectivity index (χ1v) is 7.16. The van der Waals surface area contributed by atoms with Gasteiger partial charge in [0.1, 0.15) is 0 Å². The van der Waals surface area contributed by atoms with E-state index in [1.165, 1.54) is 36.4 Å². The van der Waals surface area contributed by atoms with Crippen molar-refractivity contribution in [3.05, 3.63) is 72.2 Å². The van der Waals surface area contributed by atoms with Gasteiger partial charge >= 0.3 is 5.69 Å². The summed E-state index contributed by atoms with van der Waals surface area (Å²) in [5, 5.41) is 40.8. The second kappa shape index (κ2) is 6.89. The number of non-ortho nitro benzene ring substituents is 1. The van der Waals surface area contributed by atoms with Gasteiger partial charge < -0.3 is 5.11 Å². The van der Waals surface area contributed by atoms with Crippen molar-refractivity contribution in [1.82, 2.24) is 0 Å². The molecule has 0 radical (unpaired) electrons. The van der Waals surface area contributed by atoms with E-state index >= 15 is 0 Å². The SMILES string of the molecule is N#C/C(=C/c1cc(Br)cc([N+](=O)[O-])c1O)c1ccc([N+](=O)[O-])cc1. The van der Waals surface area contributed by atoms with Crippen molar-refractivity contribution in [2.75, 3.05) is 0 Å². The summed E-state index contributed by atoms with van der Waals surface area (Å²) in [7, 11) is 0. The average Bonchev–Trinajstić information content (AvgIpc) is 2.55. The third kappa shape index (κ3) is 3.56. The Morgan fingerprint density at radius 3 is 2.29 bits per heavy atom. The Balaban J connectivity index is 2.54. The van der Waals surface area contributed by atoms with Crippen molar-refractivity contribution >= 4 is 39.0 Å². The molecule has 0 aliphatic rings. The first-order chi connectivity index (χ1) is 11.3. The summed E-state index contributed by atoms with van der Waals surface area (Å²) in [6, 6.07) is 9.72. The minimum absolute atomic E-state index is 0.0750. The zero-order valence-electron chi connectivity index (χ0n) is 11.8. The number of phenols is 1. The molecular weight excluding hydrogens is 382 g/mol. The van der Waals surface area contributed by atoms with Crippen LogP contribution in [0.15, 0.2) is 40.9 Å². The van der Waals surface area contributed by atoms with Gasteiger partial charge in [-0.2, -0.15) is 5.26 Å².